The molecule has 2 aliphatic heterocycles. The molecule has 6 aromatic carbocycles. The number of nitrogen functional groups attached to an aromatic ring is 1. The molecule has 3 N–H and O–H groups in total. The Balaban J connectivity index is 0.000000170. The van der Waals surface area contributed by atoms with Crippen molar-refractivity contribution in [3.8, 4) is 20.9 Å². The second-order valence-corrected chi connectivity index (χ2v) is 19.0. The van der Waals surface area contributed by atoms with Crippen LogP contribution < -0.4 is 15.5 Å². The summed E-state index contributed by atoms with van der Waals surface area (Å²) in [5.74, 6) is -2.33. The predicted molar refractivity (Wildman–Crippen MR) is 278 cm³/mol. The first kappa shape index (κ1) is 50.6. The number of non-ortho nitro benzene ring substituents is 2. The zero-order chi connectivity index (χ0) is 52.1. The van der Waals surface area contributed by atoms with Gasteiger partial charge in [-0.15, -0.1) is 22.7 Å². The van der Waals surface area contributed by atoms with Gasteiger partial charge in [0, 0.05) is 75.8 Å². The lowest BCUT2D eigenvalue weighted by molar-refractivity contribution is -0.385. The molecule has 0 radical (unpaired) electrons. The minimum absolute atomic E-state index is 0.00962. The lowest BCUT2D eigenvalue weighted by atomic mass is 10.0. The molecule has 8 aromatic rings. The lowest BCUT2D eigenvalue weighted by Crippen LogP contribution is -2.32. The third-order valence-corrected chi connectivity index (χ3v) is 14.7. The average Bonchev–Trinajstić information content (AvgIpc) is 3.95. The number of nitrogens with zero attached hydrogens (tertiary/aromatic N) is 4. The van der Waals surface area contributed by atoms with Crippen LogP contribution in [0.5, 0.6) is 0 Å². The molecule has 2 aromatic heterocycles. The number of carbonyl (C=O) groups excluding carboxylic acids is 3. The van der Waals surface area contributed by atoms with E-state index in [9.17, 15) is 53.3 Å². The number of carboxylic acids is 1. The standard InChI is InChI=1S/C28H21FN2O4S.C20H14N2O5S.C7H8FN/c1-17-5-4-7-23(29)22(17)16-25(32)26-15-19-13-14-30(24-8-3-2-6-21(24)27(19)36-26)28(33)18-9-11-20(12-10-18)31(34)35;23-19(12-5-7-14(8-6-12)22(26)27)21-10-9-13-11-17(20(24)25)28-18(13)15-3-1-2-4-16(15)21;1-5-3-2-4-6(8)7(5)9/h2-12,15H,13-14,16H2,1H3;1-8,11H,9-10H2,(H,24,25);2-4H,9H2,1H3. The highest BCUT2D eigenvalue weighted by molar-refractivity contribution is 7.18. The zero-order valence-electron chi connectivity index (χ0n) is 39.0. The number of nitro benzene ring substituents is 2. The highest BCUT2D eigenvalue weighted by Crippen LogP contribution is 2.44. The van der Waals surface area contributed by atoms with Gasteiger partial charge in [0.05, 0.1) is 31.8 Å². The van der Waals surface area contributed by atoms with Crippen LogP contribution in [-0.2, 0) is 19.3 Å². The van der Waals surface area contributed by atoms with E-state index in [4.69, 9.17) is 5.73 Å². The van der Waals surface area contributed by atoms with E-state index in [1.807, 2.05) is 54.6 Å². The summed E-state index contributed by atoms with van der Waals surface area (Å²) in [5.41, 5.74) is 13.0. The third kappa shape index (κ3) is 10.9. The van der Waals surface area contributed by atoms with Gasteiger partial charge in [-0.1, -0.05) is 60.7 Å². The number of carbonyl (C=O) groups is 4. The number of carboxylic acid groups (broad SMARTS) is 1. The van der Waals surface area contributed by atoms with E-state index >= 15 is 0 Å². The Labute approximate surface area is 424 Å². The molecule has 0 atom stereocenters. The number of nitro groups is 2. The first-order valence-corrected chi connectivity index (χ1v) is 24.2. The number of thiophene rings is 2. The molecule has 0 saturated heterocycles. The Hall–Kier alpha value is -8.74. The highest BCUT2D eigenvalue weighted by Gasteiger charge is 2.30. The fraction of sp³-hybridized carbons (Fsp3) is 0.127. The van der Waals surface area contributed by atoms with Crippen LogP contribution in [0.15, 0.2) is 146 Å². The van der Waals surface area contributed by atoms with Crippen LogP contribution in [0, 0.1) is 45.7 Å². The van der Waals surface area contributed by atoms with E-state index < -0.39 is 15.8 Å². The molecule has 10 rings (SSSR count). The third-order valence-electron chi connectivity index (χ3n) is 12.3. The van der Waals surface area contributed by atoms with E-state index in [2.05, 4.69) is 0 Å². The van der Waals surface area contributed by atoms with Gasteiger partial charge in [0.15, 0.2) is 5.78 Å². The van der Waals surface area contributed by atoms with E-state index in [0.29, 0.717) is 58.9 Å². The molecule has 2 amide bonds. The number of hydrogen-bond donors (Lipinski definition) is 2. The molecule has 73 heavy (non-hydrogen) atoms. The number of benzene rings is 6. The van der Waals surface area contributed by atoms with Crippen molar-refractivity contribution >= 4 is 74.7 Å². The molecule has 4 heterocycles. The number of rotatable bonds is 8. The number of fused-ring (bicyclic) bond motifs is 6. The summed E-state index contributed by atoms with van der Waals surface area (Å²) in [4.78, 5) is 77.7. The lowest BCUT2D eigenvalue weighted by Gasteiger charge is -2.23. The Morgan fingerprint density at radius 2 is 1.04 bits per heavy atom. The van der Waals surface area contributed by atoms with Crippen LogP contribution in [-0.4, -0.2) is 51.6 Å². The molecular weight excluding hydrogens is 977 g/mol. The van der Waals surface area contributed by atoms with Crippen LogP contribution in [0.3, 0.4) is 0 Å². The maximum absolute atomic E-state index is 14.3. The van der Waals surface area contributed by atoms with Crippen molar-refractivity contribution in [2.24, 2.45) is 0 Å². The van der Waals surface area contributed by atoms with Crippen molar-refractivity contribution in [2.45, 2.75) is 33.1 Å². The van der Waals surface area contributed by atoms with E-state index in [1.54, 1.807) is 54.0 Å². The van der Waals surface area contributed by atoms with Crippen molar-refractivity contribution in [1.82, 2.24) is 0 Å². The minimum atomic E-state index is -0.964. The van der Waals surface area contributed by atoms with Gasteiger partial charge in [0.1, 0.15) is 16.5 Å². The number of ketones is 1. The molecule has 368 valence electrons. The Morgan fingerprint density at radius 3 is 1.48 bits per heavy atom. The second-order valence-electron chi connectivity index (χ2n) is 16.9. The molecule has 0 aliphatic carbocycles. The SMILES string of the molecule is Cc1cccc(F)c1CC(=O)c1cc2c(s1)-c1ccccc1N(C(=O)c1ccc([N+](=O)[O-])cc1)CC2.Cc1cccc(F)c1N.O=C(O)c1cc2c(s1)-c1ccccc1N(C(=O)c1ccc([N+](=O)[O-])cc1)CC2. The molecule has 14 nitrogen and oxygen atoms in total. The van der Waals surface area contributed by atoms with Gasteiger partial charge in [-0.3, -0.25) is 34.6 Å². The van der Waals surface area contributed by atoms with Gasteiger partial charge >= 0.3 is 5.97 Å². The molecule has 0 bridgehead atoms. The largest absolute Gasteiger partial charge is 0.477 e. The summed E-state index contributed by atoms with van der Waals surface area (Å²) in [6.45, 7) is 4.34. The maximum Gasteiger partial charge on any atom is 0.345 e. The van der Waals surface area contributed by atoms with Crippen LogP contribution in [0.25, 0.3) is 20.9 Å². The normalized spacial score (nSPS) is 12.2. The molecule has 0 fully saturated rings. The van der Waals surface area contributed by atoms with Crippen LogP contribution in [0.1, 0.15) is 67.9 Å². The first-order chi connectivity index (χ1) is 35.0. The number of amides is 2. The van der Waals surface area contributed by atoms with Gasteiger partial charge < -0.3 is 20.6 Å². The van der Waals surface area contributed by atoms with Crippen molar-refractivity contribution < 1.29 is 42.9 Å². The fourth-order valence-electron chi connectivity index (χ4n) is 8.40. The number of nitrogens with two attached hydrogens (primary N) is 1. The van der Waals surface area contributed by atoms with Crippen molar-refractivity contribution in [3.05, 3.63) is 226 Å². The van der Waals surface area contributed by atoms with Gasteiger partial charge in [0.25, 0.3) is 23.2 Å². The average molecular weight is 1020 g/mol. The summed E-state index contributed by atoms with van der Waals surface area (Å²) >= 11 is 2.56. The van der Waals surface area contributed by atoms with Crippen LogP contribution in [0.2, 0.25) is 0 Å². The van der Waals surface area contributed by atoms with Crippen molar-refractivity contribution in [3.63, 3.8) is 0 Å². The molecule has 18 heteroatoms. The molecule has 0 unspecified atom stereocenters. The highest BCUT2D eigenvalue weighted by atomic mass is 32.1. The Morgan fingerprint density at radius 1 is 0.603 bits per heavy atom. The monoisotopic (exact) mass is 1020 g/mol. The molecule has 0 saturated carbocycles. The number of hydrogen-bond acceptors (Lipinski definition) is 11. The van der Waals surface area contributed by atoms with Crippen molar-refractivity contribution in [1.29, 1.82) is 0 Å². The quantitative estimate of drug-likeness (QED) is 0.0637. The molecular formula is C55H43F2N5O9S2. The zero-order valence-corrected chi connectivity index (χ0v) is 40.7. The summed E-state index contributed by atoms with van der Waals surface area (Å²) in [6.07, 6.45) is 1.04. The smallest absolute Gasteiger partial charge is 0.345 e. The number of aromatic carboxylic acids is 1. The van der Waals surface area contributed by atoms with E-state index in [-0.39, 0.29) is 57.6 Å². The number of Topliss-reactive ketones (excluding diaryl/α,β-unsaturated/α-hetero) is 1. The summed E-state index contributed by atoms with van der Waals surface area (Å²) in [5, 5.41) is 31.1. The van der Waals surface area contributed by atoms with Crippen LogP contribution >= 0.6 is 22.7 Å². The second kappa shape index (κ2) is 21.7. The minimum Gasteiger partial charge on any atom is -0.477 e. The summed E-state index contributed by atoms with van der Waals surface area (Å²) < 4.78 is 26.8. The molecule has 0 spiro atoms. The predicted octanol–water partition coefficient (Wildman–Crippen LogP) is 12.3. The van der Waals surface area contributed by atoms with Gasteiger partial charge in [-0.2, -0.15) is 0 Å². The maximum atomic E-state index is 14.3. The fourth-order valence-corrected chi connectivity index (χ4v) is 10.7. The summed E-state index contributed by atoms with van der Waals surface area (Å²) in [7, 11) is 0. The Bertz CT molecular complexity index is 3430. The number of anilines is 3. The van der Waals surface area contributed by atoms with Gasteiger partial charge in [-0.05, 0) is 115 Å². The van der Waals surface area contributed by atoms with Crippen LogP contribution in [0.4, 0.5) is 37.2 Å². The number of halogens is 2. The Kier molecular flexibility index (Phi) is 15.1. The van der Waals surface area contributed by atoms with E-state index in [1.165, 1.54) is 83.3 Å². The first-order valence-electron chi connectivity index (χ1n) is 22.6. The van der Waals surface area contributed by atoms with E-state index in [0.717, 1.165) is 43.1 Å². The van der Waals surface area contributed by atoms with Crippen molar-refractivity contribution in [2.75, 3.05) is 28.6 Å². The topological polar surface area (TPSA) is 207 Å². The van der Waals surface area contributed by atoms with Gasteiger partial charge in [-0.25, -0.2) is 13.6 Å². The number of para-hydroxylation sites is 3. The van der Waals surface area contributed by atoms with Gasteiger partial charge in [0.2, 0.25) is 0 Å². The number of aryl methyl sites for hydroxylation is 2. The summed E-state index contributed by atoms with van der Waals surface area (Å²) in [6, 6.07) is 39.1. The molecule has 2 aliphatic rings.